The maximum atomic E-state index is 11.7. The number of nitrogens with one attached hydrogen (secondary N) is 2. The number of aromatic nitrogens is 2. The summed E-state index contributed by atoms with van der Waals surface area (Å²) in [6, 6.07) is 12.7. The number of nitrogens with zero attached hydrogens (tertiary/aromatic N) is 2. The Morgan fingerprint density at radius 1 is 1.04 bits per heavy atom. The standard InChI is InChI=1S/C20H19ClN4O2/c1-12-8-13(2)10-15(9-12)23-20-22-7-6-18(25-20)24-17-11-14(19(26)27-3)4-5-16(17)21/h4-11H,1-3H3,(H2,22,23,24,25). The second-order valence-corrected chi connectivity index (χ2v) is 6.49. The molecule has 0 aliphatic heterocycles. The maximum Gasteiger partial charge on any atom is 0.337 e. The number of benzene rings is 2. The highest BCUT2D eigenvalue weighted by Gasteiger charge is 2.10. The third kappa shape index (κ3) is 4.74. The quantitative estimate of drug-likeness (QED) is 0.603. The van der Waals surface area contributed by atoms with Gasteiger partial charge in [-0.1, -0.05) is 17.7 Å². The third-order valence-electron chi connectivity index (χ3n) is 3.78. The van der Waals surface area contributed by atoms with E-state index in [1.165, 1.54) is 7.11 Å². The average molecular weight is 383 g/mol. The molecule has 3 aromatic rings. The first kappa shape index (κ1) is 18.7. The van der Waals surface area contributed by atoms with Crippen LogP contribution in [0.1, 0.15) is 21.5 Å². The van der Waals surface area contributed by atoms with Crippen molar-refractivity contribution in [3.05, 3.63) is 70.4 Å². The van der Waals surface area contributed by atoms with Gasteiger partial charge in [-0.3, -0.25) is 0 Å². The van der Waals surface area contributed by atoms with E-state index in [-0.39, 0.29) is 0 Å². The number of hydrogen-bond donors (Lipinski definition) is 2. The lowest BCUT2D eigenvalue weighted by molar-refractivity contribution is 0.0601. The van der Waals surface area contributed by atoms with Crippen LogP contribution >= 0.6 is 11.6 Å². The SMILES string of the molecule is COC(=O)c1ccc(Cl)c(Nc2ccnc(Nc3cc(C)cc(C)c3)n2)c1. The van der Waals surface area contributed by atoms with Crippen LogP contribution in [0.25, 0.3) is 0 Å². The Morgan fingerprint density at radius 2 is 1.78 bits per heavy atom. The molecule has 0 amide bonds. The zero-order chi connectivity index (χ0) is 19.4. The summed E-state index contributed by atoms with van der Waals surface area (Å²) in [5, 5.41) is 6.77. The Bertz CT molecular complexity index is 971. The number of esters is 1. The average Bonchev–Trinajstić information content (AvgIpc) is 2.62. The summed E-state index contributed by atoms with van der Waals surface area (Å²) in [6.45, 7) is 4.07. The topological polar surface area (TPSA) is 76.1 Å². The van der Waals surface area contributed by atoms with Crippen LogP contribution in [-0.2, 0) is 4.74 Å². The van der Waals surface area contributed by atoms with Gasteiger partial charge in [0, 0.05) is 11.9 Å². The number of carbonyl (C=O) groups is 1. The second-order valence-electron chi connectivity index (χ2n) is 6.08. The zero-order valence-corrected chi connectivity index (χ0v) is 16.0. The van der Waals surface area contributed by atoms with Crippen LogP contribution < -0.4 is 10.6 Å². The van der Waals surface area contributed by atoms with Crippen LogP contribution in [0.2, 0.25) is 5.02 Å². The van der Waals surface area contributed by atoms with Gasteiger partial charge in [-0.05, 0) is 61.4 Å². The molecule has 7 heteroatoms. The molecule has 1 heterocycles. The molecule has 0 aliphatic carbocycles. The van der Waals surface area contributed by atoms with Crippen molar-refractivity contribution in [2.45, 2.75) is 13.8 Å². The van der Waals surface area contributed by atoms with Gasteiger partial charge in [-0.15, -0.1) is 0 Å². The first-order valence-electron chi connectivity index (χ1n) is 8.28. The molecule has 0 radical (unpaired) electrons. The van der Waals surface area contributed by atoms with Gasteiger partial charge in [-0.2, -0.15) is 4.98 Å². The van der Waals surface area contributed by atoms with Crippen molar-refractivity contribution < 1.29 is 9.53 Å². The zero-order valence-electron chi connectivity index (χ0n) is 15.2. The number of methoxy groups -OCH3 is 1. The summed E-state index contributed by atoms with van der Waals surface area (Å²) >= 11 is 6.22. The highest BCUT2D eigenvalue weighted by molar-refractivity contribution is 6.33. The van der Waals surface area contributed by atoms with Crippen molar-refractivity contribution in [2.75, 3.05) is 17.7 Å². The lowest BCUT2D eigenvalue weighted by Crippen LogP contribution is -2.04. The Balaban J connectivity index is 1.83. The van der Waals surface area contributed by atoms with E-state index in [4.69, 9.17) is 16.3 Å². The number of carbonyl (C=O) groups excluding carboxylic acids is 1. The molecule has 2 N–H and O–H groups in total. The molecule has 1 aromatic heterocycles. The van der Waals surface area contributed by atoms with Gasteiger partial charge in [0.25, 0.3) is 0 Å². The fourth-order valence-corrected chi connectivity index (χ4v) is 2.83. The molecule has 3 rings (SSSR count). The molecule has 0 saturated carbocycles. The normalized spacial score (nSPS) is 10.4. The Morgan fingerprint density at radius 3 is 2.48 bits per heavy atom. The van der Waals surface area contributed by atoms with Crippen LogP contribution in [0, 0.1) is 13.8 Å². The Kier molecular flexibility index (Phi) is 5.57. The molecule has 0 unspecified atom stereocenters. The number of anilines is 4. The summed E-state index contributed by atoms with van der Waals surface area (Å²) < 4.78 is 4.74. The fraction of sp³-hybridized carbons (Fsp3) is 0.150. The summed E-state index contributed by atoms with van der Waals surface area (Å²) in [6.07, 6.45) is 1.64. The molecule has 0 bridgehead atoms. The Hall–Kier alpha value is -3.12. The van der Waals surface area contributed by atoms with Crippen molar-refractivity contribution in [1.82, 2.24) is 9.97 Å². The molecule has 6 nitrogen and oxygen atoms in total. The van der Waals surface area contributed by atoms with Crippen molar-refractivity contribution in [2.24, 2.45) is 0 Å². The minimum Gasteiger partial charge on any atom is -0.465 e. The highest BCUT2D eigenvalue weighted by atomic mass is 35.5. The first-order valence-corrected chi connectivity index (χ1v) is 8.65. The Labute approximate surface area is 162 Å². The van der Waals surface area contributed by atoms with Gasteiger partial charge >= 0.3 is 5.97 Å². The molecular formula is C20H19ClN4O2. The van der Waals surface area contributed by atoms with Crippen LogP contribution in [0.15, 0.2) is 48.7 Å². The predicted molar refractivity (Wildman–Crippen MR) is 107 cm³/mol. The number of halogens is 1. The van der Waals surface area contributed by atoms with Gasteiger partial charge in [-0.25, -0.2) is 9.78 Å². The minimum absolute atomic E-state index is 0.395. The van der Waals surface area contributed by atoms with Gasteiger partial charge < -0.3 is 15.4 Å². The number of ether oxygens (including phenoxy) is 1. The number of rotatable bonds is 5. The van der Waals surface area contributed by atoms with Crippen molar-refractivity contribution in [3.8, 4) is 0 Å². The van der Waals surface area contributed by atoms with Gasteiger partial charge in [0.1, 0.15) is 5.82 Å². The lowest BCUT2D eigenvalue weighted by Gasteiger charge is -2.11. The van der Waals surface area contributed by atoms with E-state index < -0.39 is 5.97 Å². The highest BCUT2D eigenvalue weighted by Crippen LogP contribution is 2.27. The largest absolute Gasteiger partial charge is 0.465 e. The minimum atomic E-state index is -0.436. The number of hydrogen-bond acceptors (Lipinski definition) is 6. The van der Waals surface area contributed by atoms with E-state index in [0.29, 0.717) is 28.0 Å². The van der Waals surface area contributed by atoms with Gasteiger partial charge in [0.2, 0.25) is 5.95 Å². The van der Waals surface area contributed by atoms with E-state index in [2.05, 4.69) is 26.7 Å². The van der Waals surface area contributed by atoms with Crippen LogP contribution in [0.4, 0.5) is 23.1 Å². The maximum absolute atomic E-state index is 11.7. The van der Waals surface area contributed by atoms with Crippen molar-refractivity contribution in [1.29, 1.82) is 0 Å². The third-order valence-corrected chi connectivity index (χ3v) is 4.11. The van der Waals surface area contributed by atoms with Gasteiger partial charge in [0.05, 0.1) is 23.4 Å². The predicted octanol–water partition coefficient (Wildman–Crippen LogP) is 5.02. The smallest absolute Gasteiger partial charge is 0.337 e. The van der Waals surface area contributed by atoms with Crippen molar-refractivity contribution >= 4 is 40.7 Å². The molecule has 0 saturated heterocycles. The second kappa shape index (κ2) is 8.05. The summed E-state index contributed by atoms with van der Waals surface area (Å²) in [4.78, 5) is 20.4. The molecule has 27 heavy (non-hydrogen) atoms. The van der Waals surface area contributed by atoms with E-state index in [1.54, 1.807) is 30.5 Å². The van der Waals surface area contributed by atoms with Crippen LogP contribution in [-0.4, -0.2) is 23.0 Å². The van der Waals surface area contributed by atoms with Crippen LogP contribution in [0.3, 0.4) is 0 Å². The molecule has 0 atom stereocenters. The van der Waals surface area contributed by atoms with Crippen molar-refractivity contribution in [3.63, 3.8) is 0 Å². The van der Waals surface area contributed by atoms with E-state index >= 15 is 0 Å². The summed E-state index contributed by atoms with van der Waals surface area (Å²) in [7, 11) is 1.33. The van der Waals surface area contributed by atoms with E-state index in [9.17, 15) is 4.79 Å². The number of aryl methyl sites for hydroxylation is 2. The monoisotopic (exact) mass is 382 g/mol. The van der Waals surface area contributed by atoms with E-state index in [0.717, 1.165) is 16.8 Å². The molecule has 0 spiro atoms. The van der Waals surface area contributed by atoms with Crippen LogP contribution in [0.5, 0.6) is 0 Å². The molecular weight excluding hydrogens is 364 g/mol. The summed E-state index contributed by atoms with van der Waals surface area (Å²) in [5.41, 5.74) is 4.16. The van der Waals surface area contributed by atoms with Gasteiger partial charge in [0.15, 0.2) is 0 Å². The molecule has 0 fully saturated rings. The summed E-state index contributed by atoms with van der Waals surface area (Å²) in [5.74, 6) is 0.556. The molecule has 138 valence electrons. The molecule has 0 aliphatic rings. The fourth-order valence-electron chi connectivity index (χ4n) is 2.67. The molecule has 2 aromatic carbocycles. The first-order chi connectivity index (χ1) is 12.9. The lowest BCUT2D eigenvalue weighted by atomic mass is 10.1. The van der Waals surface area contributed by atoms with E-state index in [1.807, 2.05) is 26.0 Å².